The number of alkyl halides is 3. The summed E-state index contributed by atoms with van der Waals surface area (Å²) in [5, 5.41) is 12.8. The van der Waals surface area contributed by atoms with Crippen molar-refractivity contribution in [3.63, 3.8) is 0 Å². The quantitative estimate of drug-likeness (QED) is 0.546. The lowest BCUT2D eigenvalue weighted by atomic mass is 10.1. The molecule has 4 aromatic rings. The molecule has 0 amide bonds. The first kappa shape index (κ1) is 18.6. The zero-order valence-electron chi connectivity index (χ0n) is 16.0. The van der Waals surface area contributed by atoms with Crippen LogP contribution in [0.2, 0.25) is 0 Å². The minimum atomic E-state index is -4.20. The van der Waals surface area contributed by atoms with Crippen molar-refractivity contribution in [1.29, 1.82) is 0 Å². The molecule has 9 nitrogen and oxygen atoms in total. The fraction of sp³-hybridized carbons (Fsp3) is 0.333. The second-order valence-electron chi connectivity index (χ2n) is 7.41. The number of halogens is 3. The third-order valence-corrected chi connectivity index (χ3v) is 5.12. The predicted molar refractivity (Wildman–Crippen MR) is 102 cm³/mol. The molecular weight excluding hydrogens is 399 g/mol. The summed E-state index contributed by atoms with van der Waals surface area (Å²) in [5.74, 6) is 0.267. The average Bonchev–Trinajstić information content (AvgIpc) is 3.35. The van der Waals surface area contributed by atoms with Gasteiger partial charge in [-0.1, -0.05) is 0 Å². The summed E-state index contributed by atoms with van der Waals surface area (Å²) < 4.78 is 42.6. The Morgan fingerprint density at radius 3 is 2.67 bits per heavy atom. The smallest absolute Gasteiger partial charge is 0.382 e. The standard InChI is InChI=1S/C18H18F3N9/c1-27-5-11(4-24-27)14-9-30-15(2-3-23-30)16(25-14)13-8-29(26-17(13)22)12-6-28(7-12)10-18(19,20)21/h2-5,8-9,12H,6-7,10H2,1H3,(H2,22,26). The normalized spacial score (nSPS) is 15.7. The largest absolute Gasteiger partial charge is 0.401 e. The molecule has 0 atom stereocenters. The van der Waals surface area contributed by atoms with Crippen LogP contribution in [0.15, 0.2) is 37.1 Å². The zero-order chi connectivity index (χ0) is 21.0. The molecule has 0 aromatic carbocycles. The SMILES string of the molecule is Cn1cc(-c2cn3nccc3c(-c3cn(C4CN(CC(F)(F)F)C4)nc3N)n2)cn1. The van der Waals surface area contributed by atoms with E-state index in [-0.39, 0.29) is 24.9 Å². The number of fused-ring (bicyclic) bond motifs is 1. The highest BCUT2D eigenvalue weighted by Gasteiger charge is 2.38. The summed E-state index contributed by atoms with van der Waals surface area (Å²) in [6.45, 7) is -0.380. The van der Waals surface area contributed by atoms with Crippen LogP contribution >= 0.6 is 0 Å². The highest BCUT2D eigenvalue weighted by atomic mass is 19.4. The van der Waals surface area contributed by atoms with E-state index in [0.29, 0.717) is 17.0 Å². The van der Waals surface area contributed by atoms with Gasteiger partial charge in [-0.05, 0) is 6.07 Å². The molecule has 1 saturated heterocycles. The molecule has 0 unspecified atom stereocenters. The molecule has 1 aliphatic rings. The number of likely N-dealkylation sites (tertiary alicyclic amines) is 1. The number of nitrogen functional groups attached to an aromatic ring is 1. The van der Waals surface area contributed by atoms with Crippen LogP contribution in [0.4, 0.5) is 19.0 Å². The first-order valence-electron chi connectivity index (χ1n) is 9.24. The van der Waals surface area contributed by atoms with Crippen LogP contribution < -0.4 is 5.73 Å². The van der Waals surface area contributed by atoms with Crippen LogP contribution in [-0.4, -0.2) is 64.9 Å². The van der Waals surface area contributed by atoms with E-state index in [2.05, 4.69) is 15.3 Å². The van der Waals surface area contributed by atoms with Crippen molar-refractivity contribution >= 4 is 11.3 Å². The van der Waals surface area contributed by atoms with E-state index in [9.17, 15) is 13.2 Å². The topological polar surface area (TPSA) is 95.1 Å². The van der Waals surface area contributed by atoms with Gasteiger partial charge < -0.3 is 5.73 Å². The number of nitrogens with zero attached hydrogens (tertiary/aromatic N) is 8. The Kier molecular flexibility index (Phi) is 4.07. The van der Waals surface area contributed by atoms with Crippen LogP contribution in [0.1, 0.15) is 6.04 Å². The molecule has 5 heterocycles. The zero-order valence-corrected chi connectivity index (χ0v) is 16.0. The fourth-order valence-corrected chi connectivity index (χ4v) is 3.69. The van der Waals surface area contributed by atoms with E-state index in [4.69, 9.17) is 10.7 Å². The average molecular weight is 417 g/mol. The van der Waals surface area contributed by atoms with Crippen LogP contribution in [0.3, 0.4) is 0 Å². The molecule has 5 rings (SSSR count). The lowest BCUT2D eigenvalue weighted by molar-refractivity contribution is -0.157. The monoisotopic (exact) mass is 417 g/mol. The molecule has 0 radical (unpaired) electrons. The molecule has 1 aliphatic heterocycles. The van der Waals surface area contributed by atoms with Crippen LogP contribution in [0.5, 0.6) is 0 Å². The van der Waals surface area contributed by atoms with Crippen molar-refractivity contribution in [3.05, 3.63) is 37.1 Å². The number of nitrogens with two attached hydrogens (primary N) is 1. The number of hydrogen-bond donors (Lipinski definition) is 1. The van der Waals surface area contributed by atoms with Crippen molar-refractivity contribution in [1.82, 2.24) is 39.1 Å². The Morgan fingerprint density at radius 1 is 1.17 bits per heavy atom. The summed E-state index contributed by atoms with van der Waals surface area (Å²) in [7, 11) is 1.82. The lowest BCUT2D eigenvalue weighted by Crippen LogP contribution is -2.51. The number of anilines is 1. The summed E-state index contributed by atoms with van der Waals surface area (Å²) >= 11 is 0. The van der Waals surface area contributed by atoms with E-state index in [1.54, 1.807) is 38.7 Å². The van der Waals surface area contributed by atoms with Gasteiger partial charge in [0.2, 0.25) is 0 Å². The predicted octanol–water partition coefficient (Wildman–Crippen LogP) is 1.99. The Morgan fingerprint density at radius 2 is 1.97 bits per heavy atom. The Balaban J connectivity index is 1.48. The van der Waals surface area contributed by atoms with Crippen LogP contribution in [0, 0.1) is 0 Å². The lowest BCUT2D eigenvalue weighted by Gasteiger charge is -2.39. The molecule has 2 N–H and O–H groups in total. The molecule has 156 valence electrons. The molecule has 30 heavy (non-hydrogen) atoms. The van der Waals surface area contributed by atoms with Gasteiger partial charge in [-0.15, -0.1) is 0 Å². The molecule has 4 aromatic heterocycles. The minimum absolute atomic E-state index is 0.161. The van der Waals surface area contributed by atoms with Gasteiger partial charge in [-0.3, -0.25) is 14.3 Å². The summed E-state index contributed by atoms with van der Waals surface area (Å²) in [6.07, 6.45) is 4.55. The highest BCUT2D eigenvalue weighted by molar-refractivity contribution is 5.83. The van der Waals surface area contributed by atoms with E-state index in [1.165, 1.54) is 4.90 Å². The molecule has 0 saturated carbocycles. The highest BCUT2D eigenvalue weighted by Crippen LogP contribution is 2.33. The third kappa shape index (κ3) is 3.28. The van der Waals surface area contributed by atoms with E-state index in [1.807, 2.05) is 19.3 Å². The van der Waals surface area contributed by atoms with Gasteiger partial charge in [0.1, 0.15) is 5.69 Å². The van der Waals surface area contributed by atoms with Gasteiger partial charge >= 0.3 is 6.18 Å². The van der Waals surface area contributed by atoms with E-state index in [0.717, 1.165) is 11.1 Å². The third-order valence-electron chi connectivity index (χ3n) is 5.12. The molecule has 0 spiro atoms. The van der Waals surface area contributed by atoms with Gasteiger partial charge in [-0.2, -0.15) is 28.5 Å². The van der Waals surface area contributed by atoms with Gasteiger partial charge in [0.05, 0.1) is 48.0 Å². The molecule has 12 heteroatoms. The maximum Gasteiger partial charge on any atom is 0.401 e. The van der Waals surface area contributed by atoms with Crippen molar-refractivity contribution in [2.24, 2.45) is 7.05 Å². The summed E-state index contributed by atoms with van der Waals surface area (Å²) in [6, 6.07) is 1.66. The fourth-order valence-electron chi connectivity index (χ4n) is 3.69. The van der Waals surface area contributed by atoms with Crippen molar-refractivity contribution < 1.29 is 13.2 Å². The van der Waals surface area contributed by atoms with E-state index < -0.39 is 12.7 Å². The number of aryl methyl sites for hydroxylation is 1. The summed E-state index contributed by atoms with van der Waals surface area (Å²) in [5.41, 5.74) is 9.62. The molecular formula is C18H18F3N9. The second-order valence-corrected chi connectivity index (χ2v) is 7.41. The number of hydrogen-bond acceptors (Lipinski definition) is 6. The van der Waals surface area contributed by atoms with Gasteiger partial charge in [0, 0.05) is 38.1 Å². The molecule has 0 aliphatic carbocycles. The van der Waals surface area contributed by atoms with Crippen LogP contribution in [0.25, 0.3) is 28.0 Å². The first-order valence-corrected chi connectivity index (χ1v) is 9.24. The molecule has 0 bridgehead atoms. The van der Waals surface area contributed by atoms with Gasteiger partial charge in [-0.25, -0.2) is 9.50 Å². The molecule has 1 fully saturated rings. The maximum atomic E-state index is 12.5. The van der Waals surface area contributed by atoms with Gasteiger partial charge in [0.25, 0.3) is 0 Å². The maximum absolute atomic E-state index is 12.5. The van der Waals surface area contributed by atoms with Crippen molar-refractivity contribution in [2.75, 3.05) is 25.4 Å². The first-order chi connectivity index (χ1) is 14.3. The number of aromatic nitrogens is 7. The Bertz CT molecular complexity index is 1210. The Labute approximate surface area is 168 Å². The summed E-state index contributed by atoms with van der Waals surface area (Å²) in [4.78, 5) is 6.09. The van der Waals surface area contributed by atoms with Crippen molar-refractivity contribution in [3.8, 4) is 22.5 Å². The Hall–Kier alpha value is -3.41. The van der Waals surface area contributed by atoms with Crippen LogP contribution in [-0.2, 0) is 7.05 Å². The van der Waals surface area contributed by atoms with Crippen molar-refractivity contribution in [2.45, 2.75) is 12.2 Å². The van der Waals surface area contributed by atoms with Gasteiger partial charge in [0.15, 0.2) is 5.82 Å². The van der Waals surface area contributed by atoms with E-state index >= 15 is 0 Å². The second kappa shape index (κ2) is 6.55. The number of rotatable bonds is 4. The minimum Gasteiger partial charge on any atom is -0.382 e.